The van der Waals surface area contributed by atoms with E-state index in [-0.39, 0.29) is 5.91 Å². The van der Waals surface area contributed by atoms with Gasteiger partial charge >= 0.3 is 0 Å². The molecule has 1 aromatic rings. The predicted molar refractivity (Wildman–Crippen MR) is 72.6 cm³/mol. The Morgan fingerprint density at radius 2 is 2.44 bits per heavy atom. The molecule has 1 aliphatic heterocycles. The lowest BCUT2D eigenvalue weighted by atomic mass is 9.93. The third-order valence-electron chi connectivity index (χ3n) is 3.39. The van der Waals surface area contributed by atoms with Crippen molar-refractivity contribution in [1.82, 2.24) is 4.98 Å². The number of carbonyl (C=O) groups excluding carboxylic acids is 1. The number of anilines is 1. The average molecular weight is 268 g/mol. The molecular formula is C13H18ClN3O. The maximum atomic E-state index is 10.8. The summed E-state index contributed by atoms with van der Waals surface area (Å²) in [5, 5.41) is 0.520. The molecule has 1 atom stereocenters. The molecule has 2 N–H and O–H groups in total. The van der Waals surface area contributed by atoms with E-state index in [9.17, 15) is 4.79 Å². The van der Waals surface area contributed by atoms with Crippen LogP contribution in [-0.2, 0) is 4.79 Å². The summed E-state index contributed by atoms with van der Waals surface area (Å²) in [5.41, 5.74) is 6.31. The topological polar surface area (TPSA) is 59.2 Å². The normalized spacial score (nSPS) is 19.8. The Hall–Kier alpha value is -1.29. The fourth-order valence-electron chi connectivity index (χ4n) is 2.47. The summed E-state index contributed by atoms with van der Waals surface area (Å²) in [7, 11) is 0. The molecular weight excluding hydrogens is 250 g/mol. The third-order valence-corrected chi connectivity index (χ3v) is 3.60. The molecule has 0 aliphatic carbocycles. The van der Waals surface area contributed by atoms with Crippen molar-refractivity contribution in [2.75, 3.05) is 18.0 Å². The number of halogens is 1. The van der Waals surface area contributed by atoms with Crippen molar-refractivity contribution in [3.8, 4) is 0 Å². The van der Waals surface area contributed by atoms with Crippen LogP contribution in [0.1, 0.15) is 25.7 Å². The smallest absolute Gasteiger partial charge is 0.217 e. The summed E-state index contributed by atoms with van der Waals surface area (Å²) in [6.07, 6.45) is 5.40. The molecule has 0 radical (unpaired) electrons. The Morgan fingerprint density at radius 1 is 1.61 bits per heavy atom. The van der Waals surface area contributed by atoms with Crippen molar-refractivity contribution in [2.24, 2.45) is 11.7 Å². The Bertz CT molecular complexity index is 424. The first kappa shape index (κ1) is 13.1. The van der Waals surface area contributed by atoms with Crippen LogP contribution in [0, 0.1) is 5.92 Å². The summed E-state index contributed by atoms with van der Waals surface area (Å²) in [5.74, 6) is 0.331. The zero-order valence-corrected chi connectivity index (χ0v) is 11.1. The van der Waals surface area contributed by atoms with Crippen LogP contribution in [-0.4, -0.2) is 24.0 Å². The molecule has 0 aromatic carbocycles. The van der Waals surface area contributed by atoms with Gasteiger partial charge in [0.15, 0.2) is 0 Å². The number of rotatable bonds is 4. The lowest BCUT2D eigenvalue weighted by Gasteiger charge is -2.34. The minimum Gasteiger partial charge on any atom is -0.371 e. The first-order chi connectivity index (χ1) is 8.65. The number of hydrogen-bond acceptors (Lipinski definition) is 3. The Kier molecular flexibility index (Phi) is 4.42. The van der Waals surface area contributed by atoms with Gasteiger partial charge < -0.3 is 10.6 Å². The molecule has 1 aliphatic rings. The second-order valence-corrected chi connectivity index (χ2v) is 5.18. The minimum atomic E-state index is -0.209. The maximum absolute atomic E-state index is 10.8. The molecule has 0 spiro atoms. The van der Waals surface area contributed by atoms with E-state index in [1.54, 1.807) is 6.20 Å². The molecule has 1 fully saturated rings. The van der Waals surface area contributed by atoms with Crippen LogP contribution in [0.3, 0.4) is 0 Å². The van der Waals surface area contributed by atoms with Crippen LogP contribution >= 0.6 is 11.6 Å². The van der Waals surface area contributed by atoms with Crippen molar-refractivity contribution < 1.29 is 4.79 Å². The van der Waals surface area contributed by atoms with Gasteiger partial charge in [0, 0.05) is 31.4 Å². The fraction of sp³-hybridized carbons (Fsp3) is 0.538. The van der Waals surface area contributed by atoms with Crippen molar-refractivity contribution >= 4 is 23.2 Å². The lowest BCUT2D eigenvalue weighted by molar-refractivity contribution is -0.118. The highest BCUT2D eigenvalue weighted by Crippen LogP contribution is 2.26. The van der Waals surface area contributed by atoms with Crippen LogP contribution in [0.15, 0.2) is 18.3 Å². The first-order valence-corrected chi connectivity index (χ1v) is 6.68. The van der Waals surface area contributed by atoms with Crippen LogP contribution in [0.25, 0.3) is 0 Å². The van der Waals surface area contributed by atoms with Gasteiger partial charge in [-0.15, -0.1) is 0 Å². The first-order valence-electron chi connectivity index (χ1n) is 6.30. The summed E-state index contributed by atoms with van der Waals surface area (Å²) in [6.45, 7) is 2.00. The van der Waals surface area contributed by atoms with Gasteiger partial charge in [-0.3, -0.25) is 4.79 Å². The van der Waals surface area contributed by atoms with Crippen molar-refractivity contribution in [2.45, 2.75) is 25.7 Å². The summed E-state index contributed by atoms with van der Waals surface area (Å²) in [6, 6.07) is 3.86. The fourth-order valence-corrected chi connectivity index (χ4v) is 2.64. The van der Waals surface area contributed by atoms with Gasteiger partial charge in [0.2, 0.25) is 5.91 Å². The predicted octanol–water partition coefficient (Wildman–Crippen LogP) is 2.22. The molecule has 1 unspecified atom stereocenters. The van der Waals surface area contributed by atoms with Gasteiger partial charge in [0.05, 0.1) is 0 Å². The number of aromatic nitrogens is 1. The molecule has 1 amide bonds. The van der Waals surface area contributed by atoms with E-state index < -0.39 is 0 Å². The highest BCUT2D eigenvalue weighted by Gasteiger charge is 2.20. The largest absolute Gasteiger partial charge is 0.371 e. The minimum absolute atomic E-state index is 0.209. The molecule has 2 rings (SSSR count). The average Bonchev–Trinajstić information content (AvgIpc) is 2.37. The van der Waals surface area contributed by atoms with E-state index in [0.29, 0.717) is 17.5 Å². The molecule has 5 heteroatoms. The van der Waals surface area contributed by atoms with E-state index in [1.165, 1.54) is 6.42 Å². The van der Waals surface area contributed by atoms with E-state index in [4.69, 9.17) is 17.3 Å². The molecule has 1 saturated heterocycles. The molecule has 18 heavy (non-hydrogen) atoms. The van der Waals surface area contributed by atoms with Crippen molar-refractivity contribution in [3.63, 3.8) is 0 Å². The van der Waals surface area contributed by atoms with E-state index in [0.717, 1.165) is 31.6 Å². The highest BCUT2D eigenvalue weighted by molar-refractivity contribution is 6.29. The second kappa shape index (κ2) is 6.05. The molecule has 0 saturated carbocycles. The number of hydrogen-bond donors (Lipinski definition) is 1. The quantitative estimate of drug-likeness (QED) is 0.851. The van der Waals surface area contributed by atoms with Crippen LogP contribution < -0.4 is 10.6 Å². The number of primary amides is 1. The van der Waals surface area contributed by atoms with Crippen LogP contribution in [0.4, 0.5) is 5.69 Å². The Labute approximate surface area is 112 Å². The summed E-state index contributed by atoms with van der Waals surface area (Å²) in [4.78, 5) is 17.1. The zero-order chi connectivity index (χ0) is 13.0. The summed E-state index contributed by atoms with van der Waals surface area (Å²) < 4.78 is 0. The van der Waals surface area contributed by atoms with Gasteiger partial charge in [-0.25, -0.2) is 4.98 Å². The van der Waals surface area contributed by atoms with Crippen LogP contribution in [0.5, 0.6) is 0 Å². The Balaban J connectivity index is 1.96. The lowest BCUT2D eigenvalue weighted by Crippen LogP contribution is -2.35. The number of carbonyl (C=O) groups is 1. The van der Waals surface area contributed by atoms with Crippen molar-refractivity contribution in [3.05, 3.63) is 23.5 Å². The number of piperidine rings is 1. The van der Waals surface area contributed by atoms with Gasteiger partial charge in [-0.1, -0.05) is 11.6 Å². The third kappa shape index (κ3) is 3.60. The zero-order valence-electron chi connectivity index (χ0n) is 10.3. The standard InChI is InChI=1S/C13H18ClN3O/c14-12-8-11(5-6-16-12)17-7-1-2-10(9-17)3-4-13(15)18/h5-6,8,10H,1-4,7,9H2,(H2,15,18). The molecule has 4 nitrogen and oxygen atoms in total. The van der Waals surface area contributed by atoms with Crippen LogP contribution in [0.2, 0.25) is 5.15 Å². The van der Waals surface area contributed by atoms with E-state index in [2.05, 4.69) is 9.88 Å². The maximum Gasteiger partial charge on any atom is 0.217 e. The van der Waals surface area contributed by atoms with Gasteiger partial charge in [-0.2, -0.15) is 0 Å². The number of nitrogens with two attached hydrogens (primary N) is 1. The number of nitrogens with zero attached hydrogens (tertiary/aromatic N) is 2. The second-order valence-electron chi connectivity index (χ2n) is 4.80. The monoisotopic (exact) mass is 267 g/mol. The van der Waals surface area contributed by atoms with Crippen molar-refractivity contribution in [1.29, 1.82) is 0 Å². The highest BCUT2D eigenvalue weighted by atomic mass is 35.5. The molecule has 2 heterocycles. The Morgan fingerprint density at radius 3 is 3.17 bits per heavy atom. The molecule has 98 valence electrons. The number of amides is 1. The van der Waals surface area contributed by atoms with Gasteiger partial charge in [-0.05, 0) is 37.3 Å². The van der Waals surface area contributed by atoms with Gasteiger partial charge in [0.1, 0.15) is 5.15 Å². The summed E-state index contributed by atoms with van der Waals surface area (Å²) >= 11 is 5.90. The van der Waals surface area contributed by atoms with Gasteiger partial charge in [0.25, 0.3) is 0 Å². The number of pyridine rings is 1. The molecule has 0 bridgehead atoms. The SMILES string of the molecule is NC(=O)CCC1CCCN(c2ccnc(Cl)c2)C1. The van der Waals surface area contributed by atoms with E-state index in [1.807, 2.05) is 12.1 Å². The molecule has 1 aromatic heterocycles. The van der Waals surface area contributed by atoms with E-state index >= 15 is 0 Å².